The molecule has 0 amide bonds. The minimum Gasteiger partial charge on any atom is -0.497 e. The van der Waals surface area contributed by atoms with Crippen LogP contribution in [-0.2, 0) is 0 Å². The third-order valence-corrected chi connectivity index (χ3v) is 3.26. The van der Waals surface area contributed by atoms with Gasteiger partial charge in [-0.15, -0.1) is 0 Å². The molecule has 2 rings (SSSR count). The second-order valence-corrected chi connectivity index (χ2v) is 6.51. The topological polar surface area (TPSA) is 55.0 Å². The number of nitrogens with zero attached hydrogens (tertiary/aromatic N) is 1. The van der Waals surface area contributed by atoms with Gasteiger partial charge in [-0.25, -0.2) is 0 Å². The minimum absolute atomic E-state index is 0.159. The molecule has 1 heterocycles. The smallest absolute Gasteiger partial charge is 0.223 e. The van der Waals surface area contributed by atoms with Gasteiger partial charge in [0.15, 0.2) is 6.10 Å². The Morgan fingerprint density at radius 2 is 1.86 bits per heavy atom. The van der Waals surface area contributed by atoms with Crippen LogP contribution in [0.3, 0.4) is 0 Å². The van der Waals surface area contributed by atoms with Crippen molar-refractivity contribution >= 4 is 46.7 Å². The van der Waals surface area contributed by atoms with Crippen LogP contribution >= 0.6 is 34.8 Å². The van der Waals surface area contributed by atoms with Gasteiger partial charge in [0.2, 0.25) is 3.79 Å². The number of hydrogen-bond donors (Lipinski definition) is 1. The number of hydrogen-bond acceptors (Lipinski definition) is 4. The molecule has 112 valence electrons. The van der Waals surface area contributed by atoms with Gasteiger partial charge in [-0.2, -0.15) is 0 Å². The molecular weight excluding hydrogens is 337 g/mol. The van der Waals surface area contributed by atoms with E-state index >= 15 is 0 Å². The van der Waals surface area contributed by atoms with Gasteiger partial charge >= 0.3 is 0 Å². The van der Waals surface area contributed by atoms with Crippen LogP contribution < -0.4 is 4.74 Å². The van der Waals surface area contributed by atoms with Gasteiger partial charge in [-0.1, -0.05) is 34.8 Å². The molecule has 0 spiro atoms. The van der Waals surface area contributed by atoms with E-state index in [1.165, 1.54) is 12.3 Å². The summed E-state index contributed by atoms with van der Waals surface area (Å²) in [4.78, 5) is 4.23. The monoisotopic (exact) mass is 347 g/mol. The molecule has 0 bridgehead atoms. The largest absolute Gasteiger partial charge is 0.497 e. The Hall–Kier alpha value is -1.20. The Morgan fingerprint density at radius 1 is 1.19 bits per heavy atom. The first kappa shape index (κ1) is 16.2. The van der Waals surface area contributed by atoms with Gasteiger partial charge in [0.1, 0.15) is 17.3 Å². The Labute approximate surface area is 136 Å². The van der Waals surface area contributed by atoms with E-state index in [0.29, 0.717) is 5.76 Å². The summed E-state index contributed by atoms with van der Waals surface area (Å²) in [5.41, 5.74) is 0.732. The summed E-state index contributed by atoms with van der Waals surface area (Å²) < 4.78 is 8.57. The molecule has 0 saturated heterocycles. The normalized spacial score (nSPS) is 13.6. The van der Waals surface area contributed by atoms with Crippen molar-refractivity contribution in [3.8, 4) is 5.75 Å². The predicted molar refractivity (Wildman–Crippen MR) is 84.2 cm³/mol. The molecule has 1 atom stereocenters. The molecular formula is C14H12Cl3NO3. The van der Waals surface area contributed by atoms with Crippen LogP contribution in [0.1, 0.15) is 17.6 Å². The fraction of sp³-hybridized carbons (Fsp3) is 0.214. The molecule has 1 unspecified atom stereocenters. The maximum absolute atomic E-state index is 9.77. The number of aliphatic hydroxyl groups excluding tert-OH is 1. The Kier molecular flexibility index (Phi) is 5.17. The molecule has 7 heteroatoms. The van der Waals surface area contributed by atoms with Crippen LogP contribution in [0.25, 0.3) is 0 Å². The fourth-order valence-electron chi connectivity index (χ4n) is 1.55. The SMILES string of the molecule is COc1ccc(N=Cc2ccc(C(O)C(Cl)(Cl)Cl)o2)cc1. The number of aliphatic imine (C=N–C) groups is 1. The molecule has 1 aromatic heterocycles. The van der Waals surface area contributed by atoms with E-state index in [1.807, 2.05) is 0 Å². The summed E-state index contributed by atoms with van der Waals surface area (Å²) in [5, 5.41) is 9.77. The molecule has 0 aliphatic heterocycles. The summed E-state index contributed by atoms with van der Waals surface area (Å²) >= 11 is 16.8. The number of furan rings is 1. The second-order valence-electron chi connectivity index (χ2n) is 4.14. The lowest BCUT2D eigenvalue weighted by molar-refractivity contribution is 0.153. The fourth-order valence-corrected chi connectivity index (χ4v) is 1.88. The van der Waals surface area contributed by atoms with Gasteiger partial charge < -0.3 is 14.3 Å². The lowest BCUT2D eigenvalue weighted by Gasteiger charge is -2.15. The Bertz CT molecular complexity index is 617. The maximum atomic E-state index is 9.77. The van der Waals surface area contributed by atoms with E-state index in [0.717, 1.165) is 11.4 Å². The van der Waals surface area contributed by atoms with Crippen molar-refractivity contribution in [2.24, 2.45) is 4.99 Å². The highest BCUT2D eigenvalue weighted by Crippen LogP contribution is 2.40. The number of alkyl halides is 3. The maximum Gasteiger partial charge on any atom is 0.223 e. The first-order valence-electron chi connectivity index (χ1n) is 5.93. The molecule has 0 radical (unpaired) electrons. The van der Waals surface area contributed by atoms with Crippen LogP contribution in [0.15, 0.2) is 45.8 Å². The van der Waals surface area contributed by atoms with E-state index in [2.05, 4.69) is 4.99 Å². The molecule has 1 aromatic carbocycles. The Morgan fingerprint density at radius 3 is 2.43 bits per heavy atom. The highest BCUT2D eigenvalue weighted by atomic mass is 35.6. The molecule has 0 saturated carbocycles. The van der Waals surface area contributed by atoms with Crippen molar-refractivity contribution < 1.29 is 14.3 Å². The average Bonchev–Trinajstić information content (AvgIpc) is 2.92. The van der Waals surface area contributed by atoms with Crippen LogP contribution in [0, 0.1) is 0 Å². The number of rotatable bonds is 4. The lowest BCUT2D eigenvalue weighted by Crippen LogP contribution is -2.15. The molecule has 0 fully saturated rings. The van der Waals surface area contributed by atoms with E-state index in [1.54, 1.807) is 37.4 Å². The first-order valence-corrected chi connectivity index (χ1v) is 7.06. The highest BCUT2D eigenvalue weighted by Gasteiger charge is 2.34. The predicted octanol–water partition coefficient (Wildman–Crippen LogP) is 4.44. The summed E-state index contributed by atoms with van der Waals surface area (Å²) in [5.74, 6) is 1.35. The minimum atomic E-state index is -1.84. The van der Waals surface area contributed by atoms with Crippen molar-refractivity contribution in [1.29, 1.82) is 0 Å². The first-order chi connectivity index (χ1) is 9.90. The van der Waals surface area contributed by atoms with Crippen molar-refractivity contribution in [2.45, 2.75) is 9.90 Å². The molecule has 21 heavy (non-hydrogen) atoms. The van der Waals surface area contributed by atoms with Crippen molar-refractivity contribution in [3.63, 3.8) is 0 Å². The van der Waals surface area contributed by atoms with E-state index in [9.17, 15) is 5.11 Å². The van der Waals surface area contributed by atoms with E-state index < -0.39 is 9.90 Å². The van der Waals surface area contributed by atoms with E-state index in [4.69, 9.17) is 44.0 Å². The quantitative estimate of drug-likeness (QED) is 0.656. The van der Waals surface area contributed by atoms with Gasteiger partial charge in [0, 0.05) is 0 Å². The van der Waals surface area contributed by atoms with Crippen LogP contribution in [-0.4, -0.2) is 22.2 Å². The third-order valence-electron chi connectivity index (χ3n) is 2.64. The summed E-state index contributed by atoms with van der Waals surface area (Å²) in [6.45, 7) is 0. The van der Waals surface area contributed by atoms with Crippen molar-refractivity contribution in [1.82, 2.24) is 0 Å². The van der Waals surface area contributed by atoms with E-state index in [-0.39, 0.29) is 5.76 Å². The molecule has 1 N–H and O–H groups in total. The van der Waals surface area contributed by atoms with Crippen LogP contribution in [0.4, 0.5) is 5.69 Å². The number of aliphatic hydroxyl groups is 1. The van der Waals surface area contributed by atoms with Gasteiger partial charge in [-0.05, 0) is 36.4 Å². The van der Waals surface area contributed by atoms with Gasteiger partial charge in [0.05, 0.1) is 19.0 Å². The number of halogens is 3. The standard InChI is InChI=1S/C14H12Cl3NO3/c1-20-10-4-2-9(3-5-10)18-8-11-6-7-12(21-11)13(19)14(15,16)17/h2-8,13,19H,1H3. The summed E-state index contributed by atoms with van der Waals surface area (Å²) in [6.07, 6.45) is 0.168. The zero-order valence-electron chi connectivity index (χ0n) is 11.0. The summed E-state index contributed by atoms with van der Waals surface area (Å²) in [7, 11) is 1.60. The second kappa shape index (κ2) is 6.71. The average molecular weight is 349 g/mol. The zero-order valence-corrected chi connectivity index (χ0v) is 13.2. The van der Waals surface area contributed by atoms with Crippen molar-refractivity contribution in [3.05, 3.63) is 47.9 Å². The third kappa shape index (κ3) is 4.38. The highest BCUT2D eigenvalue weighted by molar-refractivity contribution is 6.67. The molecule has 2 aromatic rings. The van der Waals surface area contributed by atoms with Crippen LogP contribution in [0.2, 0.25) is 0 Å². The van der Waals surface area contributed by atoms with Gasteiger partial charge in [-0.3, -0.25) is 4.99 Å². The lowest BCUT2D eigenvalue weighted by atomic mass is 10.3. The summed E-state index contributed by atoms with van der Waals surface area (Å²) in [6, 6.07) is 10.4. The Balaban J connectivity index is 2.09. The molecule has 0 aliphatic rings. The number of methoxy groups -OCH3 is 1. The zero-order chi connectivity index (χ0) is 15.5. The number of ether oxygens (including phenoxy) is 1. The van der Waals surface area contributed by atoms with Crippen molar-refractivity contribution in [2.75, 3.05) is 7.11 Å². The van der Waals surface area contributed by atoms with Crippen LogP contribution in [0.5, 0.6) is 5.75 Å². The number of benzene rings is 1. The van der Waals surface area contributed by atoms with Gasteiger partial charge in [0.25, 0.3) is 0 Å². The molecule has 0 aliphatic carbocycles. The molecule has 4 nitrogen and oxygen atoms in total.